The molecule has 0 N–H and O–H groups in total. The predicted molar refractivity (Wildman–Crippen MR) is 85.3 cm³/mol. The van der Waals surface area contributed by atoms with Crippen molar-refractivity contribution >= 4 is 15.4 Å². The van der Waals surface area contributed by atoms with Crippen LogP contribution in [0.5, 0.6) is 0 Å². The van der Waals surface area contributed by atoms with E-state index in [1.165, 1.54) is 12.1 Å². The Bertz CT molecular complexity index is 1240. The molecule has 2 aromatic carbocycles. The van der Waals surface area contributed by atoms with E-state index in [0.717, 1.165) is 12.1 Å². The van der Waals surface area contributed by atoms with E-state index in [1.54, 1.807) is 18.2 Å². The van der Waals surface area contributed by atoms with Gasteiger partial charge in [0.1, 0.15) is 17.7 Å². The van der Waals surface area contributed by atoms with E-state index < -0.39 is 32.0 Å². The number of hydrogen-bond donors (Lipinski definition) is 0. The first-order valence-corrected chi connectivity index (χ1v) is 8.69. The zero-order valence-corrected chi connectivity index (χ0v) is 14.0. The van der Waals surface area contributed by atoms with E-state index in [4.69, 9.17) is 5.26 Å². The molecule has 3 rings (SSSR count). The fourth-order valence-corrected chi connectivity index (χ4v) is 4.50. The Kier molecular flexibility index (Phi) is 4.03. The van der Waals surface area contributed by atoms with Gasteiger partial charge in [0.2, 0.25) is 9.84 Å². The van der Waals surface area contributed by atoms with E-state index in [-0.39, 0.29) is 27.2 Å². The zero-order valence-electron chi connectivity index (χ0n) is 13.2. The molecule has 0 spiro atoms. The summed E-state index contributed by atoms with van der Waals surface area (Å²) in [4.78, 5) is -0.803. The summed E-state index contributed by atoms with van der Waals surface area (Å²) in [6.07, 6.45) is -4.74. The summed E-state index contributed by atoms with van der Waals surface area (Å²) in [6, 6.07) is 10.5. The fraction of sp³-hybridized carbons (Fsp3) is 0.0556. The number of benzene rings is 2. The van der Waals surface area contributed by atoms with Crippen molar-refractivity contribution in [3.05, 3.63) is 64.2 Å². The van der Waals surface area contributed by atoms with Crippen LogP contribution in [0.4, 0.5) is 13.2 Å². The van der Waals surface area contributed by atoms with Gasteiger partial charge in [-0.2, -0.15) is 29.0 Å². The maximum atomic E-state index is 13.1. The minimum absolute atomic E-state index is 0.0162. The maximum absolute atomic E-state index is 13.1. The molecule has 9 heteroatoms. The summed E-state index contributed by atoms with van der Waals surface area (Å²) >= 11 is 0. The van der Waals surface area contributed by atoms with Gasteiger partial charge in [-0.05, 0) is 30.3 Å². The highest BCUT2D eigenvalue weighted by Crippen LogP contribution is 2.44. The van der Waals surface area contributed by atoms with Crippen LogP contribution in [0.3, 0.4) is 0 Å². The molecular weight excluding hydrogens is 379 g/mol. The molecule has 1 aliphatic rings. The summed E-state index contributed by atoms with van der Waals surface area (Å²) in [6.45, 7) is 0. The van der Waals surface area contributed by atoms with Gasteiger partial charge >= 0.3 is 6.18 Å². The lowest BCUT2D eigenvalue weighted by Gasteiger charge is -2.24. The van der Waals surface area contributed by atoms with Crippen LogP contribution in [0.1, 0.15) is 22.3 Å². The molecule has 132 valence electrons. The molecule has 0 saturated carbocycles. The van der Waals surface area contributed by atoms with E-state index in [1.807, 2.05) is 0 Å². The highest BCUT2D eigenvalue weighted by Gasteiger charge is 2.38. The van der Waals surface area contributed by atoms with Gasteiger partial charge in [0.05, 0.1) is 27.0 Å². The Morgan fingerprint density at radius 1 is 0.889 bits per heavy atom. The van der Waals surface area contributed by atoms with Gasteiger partial charge in [-0.1, -0.05) is 6.07 Å². The number of hydrogen-bond acceptors (Lipinski definition) is 5. The summed E-state index contributed by atoms with van der Waals surface area (Å²) < 4.78 is 65.1. The molecule has 1 aliphatic heterocycles. The zero-order chi connectivity index (χ0) is 20.0. The van der Waals surface area contributed by atoms with Gasteiger partial charge in [0.15, 0.2) is 0 Å². The number of fused-ring (bicyclic) bond motifs is 2. The van der Waals surface area contributed by atoms with Crippen molar-refractivity contribution in [2.24, 2.45) is 0 Å². The molecular formula is C18H6F3N3O2S. The third-order valence-electron chi connectivity index (χ3n) is 4.01. The predicted octanol–water partition coefficient (Wildman–Crippen LogP) is 3.57. The van der Waals surface area contributed by atoms with E-state index in [2.05, 4.69) is 0 Å². The third kappa shape index (κ3) is 2.73. The molecule has 1 heterocycles. The molecule has 5 nitrogen and oxygen atoms in total. The Morgan fingerprint density at radius 3 is 2.11 bits per heavy atom. The summed E-state index contributed by atoms with van der Waals surface area (Å²) in [5, 5.41) is 27.5. The Hall–Kier alpha value is -3.61. The van der Waals surface area contributed by atoms with Crippen molar-refractivity contribution in [3.63, 3.8) is 0 Å². The van der Waals surface area contributed by atoms with Gasteiger partial charge in [0.25, 0.3) is 0 Å². The van der Waals surface area contributed by atoms with Crippen molar-refractivity contribution in [2.45, 2.75) is 16.0 Å². The number of sulfone groups is 1. The van der Waals surface area contributed by atoms with Crippen molar-refractivity contribution in [1.29, 1.82) is 15.8 Å². The second-order valence-corrected chi connectivity index (χ2v) is 7.40. The van der Waals surface area contributed by atoms with Crippen LogP contribution in [0.15, 0.2) is 51.8 Å². The topological polar surface area (TPSA) is 106 Å². The fourth-order valence-electron chi connectivity index (χ4n) is 2.83. The smallest absolute Gasteiger partial charge is 0.218 e. The van der Waals surface area contributed by atoms with Crippen LogP contribution >= 0.6 is 0 Å². The van der Waals surface area contributed by atoms with Crippen molar-refractivity contribution in [3.8, 4) is 18.2 Å². The van der Waals surface area contributed by atoms with Crippen LogP contribution in [0.25, 0.3) is 5.57 Å². The number of nitriles is 3. The maximum Gasteiger partial charge on any atom is 0.416 e. The number of alkyl halides is 3. The molecule has 0 radical (unpaired) electrons. The third-order valence-corrected chi connectivity index (χ3v) is 5.86. The molecule has 0 fully saturated rings. The highest BCUT2D eigenvalue weighted by molar-refractivity contribution is 7.91. The first-order valence-electron chi connectivity index (χ1n) is 7.21. The van der Waals surface area contributed by atoms with Crippen LogP contribution < -0.4 is 0 Å². The molecule has 0 bridgehead atoms. The largest absolute Gasteiger partial charge is 0.416 e. The van der Waals surface area contributed by atoms with Crippen molar-refractivity contribution in [2.75, 3.05) is 0 Å². The van der Waals surface area contributed by atoms with Crippen LogP contribution in [0, 0.1) is 34.0 Å². The number of halogens is 3. The standard InChI is InChI=1S/C18H6F3N3O2S/c19-18(20,21)12-2-4-15-14(6-12)17(11(8-23)9-24)13-3-1-10(7-22)5-16(13)27(15,25)26/h1-6H. The minimum Gasteiger partial charge on any atom is -0.218 e. The molecule has 0 aliphatic carbocycles. The second-order valence-electron chi connectivity index (χ2n) is 5.51. The quantitative estimate of drug-likeness (QED) is 0.550. The first-order chi connectivity index (χ1) is 12.6. The molecule has 0 saturated heterocycles. The normalized spacial score (nSPS) is 14.1. The van der Waals surface area contributed by atoms with Gasteiger partial charge in [-0.25, -0.2) is 8.42 Å². The van der Waals surface area contributed by atoms with Crippen LogP contribution in [-0.2, 0) is 16.0 Å². The molecule has 2 aromatic rings. The summed E-state index contributed by atoms with van der Waals surface area (Å²) in [5.74, 6) is 0. The van der Waals surface area contributed by atoms with Gasteiger partial charge in [-0.3, -0.25) is 0 Å². The Balaban J connectivity index is 2.52. The monoisotopic (exact) mass is 385 g/mol. The number of rotatable bonds is 0. The van der Waals surface area contributed by atoms with Crippen LogP contribution in [-0.4, -0.2) is 8.42 Å². The molecule has 0 unspecified atom stereocenters. The minimum atomic E-state index is -4.74. The average Bonchev–Trinajstić information content (AvgIpc) is 2.63. The van der Waals surface area contributed by atoms with Crippen molar-refractivity contribution in [1.82, 2.24) is 0 Å². The van der Waals surface area contributed by atoms with Gasteiger partial charge in [0, 0.05) is 16.7 Å². The van der Waals surface area contributed by atoms with Gasteiger partial charge in [-0.15, -0.1) is 0 Å². The highest BCUT2D eigenvalue weighted by atomic mass is 32.2. The SMILES string of the molecule is N#CC(C#N)=C1c2cc(C(F)(F)F)ccc2S(=O)(=O)c2cc(C#N)ccc21. The lowest BCUT2D eigenvalue weighted by Crippen LogP contribution is -2.17. The first kappa shape index (κ1) is 18.2. The summed E-state index contributed by atoms with van der Waals surface area (Å²) in [7, 11) is -4.25. The second kappa shape index (κ2) is 5.98. The van der Waals surface area contributed by atoms with Gasteiger partial charge < -0.3 is 0 Å². The van der Waals surface area contributed by atoms with E-state index in [9.17, 15) is 32.1 Å². The molecule has 0 aromatic heterocycles. The van der Waals surface area contributed by atoms with Crippen LogP contribution in [0.2, 0.25) is 0 Å². The Morgan fingerprint density at radius 2 is 1.56 bits per heavy atom. The average molecular weight is 385 g/mol. The van der Waals surface area contributed by atoms with E-state index >= 15 is 0 Å². The molecule has 0 amide bonds. The van der Waals surface area contributed by atoms with Crippen molar-refractivity contribution < 1.29 is 21.6 Å². The Labute approximate surface area is 151 Å². The molecule has 0 atom stereocenters. The summed E-state index contributed by atoms with van der Waals surface area (Å²) in [5.41, 5.74) is -2.31. The molecule has 27 heavy (non-hydrogen) atoms. The van der Waals surface area contributed by atoms with E-state index in [0.29, 0.717) is 12.1 Å². The number of nitrogens with zero attached hydrogens (tertiary/aromatic N) is 3. The lowest BCUT2D eigenvalue weighted by molar-refractivity contribution is -0.137. The number of allylic oxidation sites excluding steroid dienone is 1. The lowest BCUT2D eigenvalue weighted by atomic mass is 9.91.